The van der Waals surface area contributed by atoms with Gasteiger partial charge in [0.15, 0.2) is 6.10 Å². The first-order valence-electron chi connectivity index (χ1n) is 21.1. The molecule has 0 saturated carbocycles. The number of allylic oxidation sites excluding steroid dienone is 15. The highest BCUT2D eigenvalue weighted by Crippen LogP contribution is 2.38. The topological polar surface area (TPSA) is 131 Å². The van der Waals surface area contributed by atoms with E-state index in [1.807, 2.05) is 58.4 Å². The summed E-state index contributed by atoms with van der Waals surface area (Å²) in [4.78, 5) is 37.4. The third-order valence-corrected chi connectivity index (χ3v) is 9.21. The summed E-state index contributed by atoms with van der Waals surface area (Å²) in [5.74, 6) is -0.980. The van der Waals surface area contributed by atoms with Crippen molar-refractivity contribution in [3.8, 4) is 0 Å². The summed E-state index contributed by atoms with van der Waals surface area (Å²) in [6, 6.07) is 0. The molecule has 0 rings (SSSR count). The number of aliphatic hydroxyl groups is 1. The number of phosphoric ester groups is 1. The Labute approximate surface area is 346 Å². The predicted octanol–water partition coefficient (Wildman–Crippen LogP) is 10.1. The lowest BCUT2D eigenvalue weighted by atomic mass is 10.1. The van der Waals surface area contributed by atoms with E-state index in [0.29, 0.717) is 36.7 Å². The van der Waals surface area contributed by atoms with Crippen LogP contribution in [-0.4, -0.2) is 81.2 Å². The van der Waals surface area contributed by atoms with Crippen molar-refractivity contribution >= 4 is 19.8 Å². The standard InChI is InChI=1S/C46H76NO9P/c1-6-8-9-10-11-12-13-14-15-19-22-25-28-31-34-37-45(49)53-41-44(42-55-57(51,52)54-40-39-47(3,4)5)56-46(50)38-35-32-29-26-23-20-17-16-18-21-24-27-30-33-36-43(48)7-2/h11-12,14-15,17-18,20-22,25-27,29-30,33,36,43-44,48H,6-10,13,16,19,23-24,28,31-32,34-35,37-42H2,1-5H3/b12-11-,15-14-,20-17-,21-18-,25-22-,29-26-,30-27-,36-33+/t43-,44-/m1/s1. The fourth-order valence-corrected chi connectivity index (χ4v) is 5.49. The molecule has 0 saturated heterocycles. The highest BCUT2D eigenvalue weighted by atomic mass is 31.2. The molecule has 0 aromatic carbocycles. The number of esters is 2. The molecule has 1 unspecified atom stereocenters. The fourth-order valence-electron chi connectivity index (χ4n) is 4.76. The number of aliphatic hydroxyl groups excluding tert-OH is 1. The van der Waals surface area contributed by atoms with E-state index in [-0.39, 0.29) is 32.2 Å². The number of phosphoric acid groups is 1. The molecule has 0 aromatic rings. The molecule has 0 bridgehead atoms. The average molecular weight is 818 g/mol. The van der Waals surface area contributed by atoms with Crippen molar-refractivity contribution in [3.05, 3.63) is 97.2 Å². The number of hydrogen-bond donors (Lipinski definition) is 1. The Hall–Kier alpha value is -3.11. The summed E-state index contributed by atoms with van der Waals surface area (Å²) < 4.78 is 33.7. The van der Waals surface area contributed by atoms with Crippen molar-refractivity contribution < 1.29 is 47.2 Å². The van der Waals surface area contributed by atoms with Crippen LogP contribution in [0, 0.1) is 0 Å². The van der Waals surface area contributed by atoms with Crippen LogP contribution in [0.3, 0.4) is 0 Å². The molecule has 0 aliphatic heterocycles. The Balaban J connectivity index is 4.60. The first-order chi connectivity index (χ1) is 27.4. The number of ether oxygens (including phenoxy) is 2. The van der Waals surface area contributed by atoms with Crippen LogP contribution in [0.4, 0.5) is 0 Å². The van der Waals surface area contributed by atoms with Gasteiger partial charge in [0.25, 0.3) is 7.82 Å². The van der Waals surface area contributed by atoms with Crippen molar-refractivity contribution in [3.63, 3.8) is 0 Å². The maximum atomic E-state index is 12.6. The molecule has 0 aromatic heterocycles. The van der Waals surface area contributed by atoms with Crippen LogP contribution in [0.15, 0.2) is 97.2 Å². The van der Waals surface area contributed by atoms with E-state index in [4.69, 9.17) is 18.5 Å². The van der Waals surface area contributed by atoms with Gasteiger partial charge in [-0.3, -0.25) is 14.2 Å². The molecule has 0 fully saturated rings. The molecule has 0 amide bonds. The molecule has 1 N–H and O–H groups in total. The van der Waals surface area contributed by atoms with E-state index in [1.54, 1.807) is 6.08 Å². The largest absolute Gasteiger partial charge is 0.756 e. The highest BCUT2D eigenvalue weighted by molar-refractivity contribution is 7.45. The van der Waals surface area contributed by atoms with E-state index in [1.165, 1.54) is 19.3 Å². The predicted molar refractivity (Wildman–Crippen MR) is 232 cm³/mol. The van der Waals surface area contributed by atoms with Gasteiger partial charge in [-0.15, -0.1) is 0 Å². The van der Waals surface area contributed by atoms with Crippen LogP contribution in [-0.2, 0) is 32.7 Å². The summed E-state index contributed by atoms with van der Waals surface area (Å²) in [7, 11) is 1.07. The van der Waals surface area contributed by atoms with Gasteiger partial charge in [0.05, 0.1) is 33.9 Å². The van der Waals surface area contributed by atoms with E-state index in [9.17, 15) is 24.2 Å². The highest BCUT2D eigenvalue weighted by Gasteiger charge is 2.21. The lowest BCUT2D eigenvalue weighted by Crippen LogP contribution is -2.37. The zero-order valence-corrected chi connectivity index (χ0v) is 36.7. The van der Waals surface area contributed by atoms with Crippen LogP contribution in [0.1, 0.15) is 123 Å². The molecular weight excluding hydrogens is 741 g/mol. The van der Waals surface area contributed by atoms with Gasteiger partial charge in [-0.25, -0.2) is 0 Å². The number of nitrogens with zero attached hydrogens (tertiary/aromatic N) is 1. The minimum atomic E-state index is -4.66. The molecule has 0 heterocycles. The van der Waals surface area contributed by atoms with Crippen molar-refractivity contribution in [1.29, 1.82) is 0 Å². The van der Waals surface area contributed by atoms with E-state index in [2.05, 4.69) is 67.7 Å². The quantitative estimate of drug-likeness (QED) is 0.0164. The average Bonchev–Trinajstić information content (AvgIpc) is 3.16. The number of unbranched alkanes of at least 4 members (excludes halogenated alkanes) is 6. The molecule has 0 aliphatic rings. The molecule has 0 spiro atoms. The third-order valence-electron chi connectivity index (χ3n) is 8.25. The van der Waals surface area contributed by atoms with Crippen LogP contribution >= 0.6 is 7.82 Å². The molecule has 0 aliphatic carbocycles. The van der Waals surface area contributed by atoms with Gasteiger partial charge in [0, 0.05) is 12.8 Å². The Morgan fingerprint density at radius 3 is 1.70 bits per heavy atom. The van der Waals surface area contributed by atoms with Crippen LogP contribution in [0.5, 0.6) is 0 Å². The maximum Gasteiger partial charge on any atom is 0.306 e. The zero-order valence-electron chi connectivity index (χ0n) is 35.8. The van der Waals surface area contributed by atoms with Gasteiger partial charge in [-0.05, 0) is 83.5 Å². The number of carbonyl (C=O) groups excluding carboxylic acids is 2. The number of likely N-dealkylation sites (N-methyl/N-ethyl adjacent to an activating group) is 1. The summed E-state index contributed by atoms with van der Waals surface area (Å²) >= 11 is 0. The van der Waals surface area contributed by atoms with E-state index < -0.39 is 32.5 Å². The van der Waals surface area contributed by atoms with E-state index >= 15 is 0 Å². The number of rotatable bonds is 36. The van der Waals surface area contributed by atoms with Gasteiger partial charge in [0.2, 0.25) is 0 Å². The smallest absolute Gasteiger partial charge is 0.306 e. The normalized spacial score (nSPS) is 15.1. The van der Waals surface area contributed by atoms with Crippen LogP contribution < -0.4 is 4.89 Å². The lowest BCUT2D eigenvalue weighted by Gasteiger charge is -2.28. The summed E-state index contributed by atoms with van der Waals surface area (Å²) in [6.45, 7) is 3.70. The Morgan fingerprint density at radius 1 is 0.649 bits per heavy atom. The minimum absolute atomic E-state index is 0.0598. The number of hydrogen-bond acceptors (Lipinski definition) is 9. The maximum absolute atomic E-state index is 12.6. The van der Waals surface area contributed by atoms with Gasteiger partial charge in [0.1, 0.15) is 19.8 Å². The SMILES string of the molecule is CCCCC/C=C\C/C=C\C/C=C\CCCCC(=O)OC[C@H](COP(=O)([O-])OCC[N+](C)(C)C)OC(=O)CCC/C=C\C/C=C\C/C=C\C/C=C\C=C\[C@H](O)CC. The van der Waals surface area contributed by atoms with Crippen molar-refractivity contribution in [2.24, 2.45) is 0 Å². The van der Waals surface area contributed by atoms with Crippen LogP contribution in [0.25, 0.3) is 0 Å². The summed E-state index contributed by atoms with van der Waals surface area (Å²) in [5.41, 5.74) is 0. The molecule has 3 atom stereocenters. The Bertz CT molecular complexity index is 1310. The second kappa shape index (κ2) is 37.2. The van der Waals surface area contributed by atoms with Crippen molar-refractivity contribution in [2.45, 2.75) is 135 Å². The number of carbonyl (C=O) groups is 2. The molecule has 10 nitrogen and oxygen atoms in total. The van der Waals surface area contributed by atoms with Gasteiger partial charge >= 0.3 is 11.9 Å². The fraction of sp³-hybridized carbons (Fsp3) is 0.609. The monoisotopic (exact) mass is 818 g/mol. The molecule has 57 heavy (non-hydrogen) atoms. The lowest BCUT2D eigenvalue weighted by molar-refractivity contribution is -0.870. The molecule has 324 valence electrons. The molecule has 11 heteroatoms. The zero-order chi connectivity index (χ0) is 42.3. The molecule has 0 radical (unpaired) electrons. The van der Waals surface area contributed by atoms with Crippen LogP contribution in [0.2, 0.25) is 0 Å². The van der Waals surface area contributed by atoms with E-state index in [0.717, 1.165) is 51.4 Å². The second-order valence-electron chi connectivity index (χ2n) is 14.8. The first kappa shape index (κ1) is 53.9. The Kier molecular flexibility index (Phi) is 35.2. The number of quaternary nitrogens is 1. The van der Waals surface area contributed by atoms with Crippen molar-refractivity contribution in [1.82, 2.24) is 0 Å². The molecular formula is C46H76NO9P. The Morgan fingerprint density at radius 2 is 1.16 bits per heavy atom. The van der Waals surface area contributed by atoms with Gasteiger partial charge in [-0.2, -0.15) is 0 Å². The first-order valence-corrected chi connectivity index (χ1v) is 22.5. The van der Waals surface area contributed by atoms with Crippen molar-refractivity contribution in [2.75, 3.05) is 47.5 Å². The van der Waals surface area contributed by atoms with Gasteiger partial charge < -0.3 is 33.0 Å². The minimum Gasteiger partial charge on any atom is -0.756 e. The summed E-state index contributed by atoms with van der Waals surface area (Å²) in [6.07, 6.45) is 45.4. The summed E-state index contributed by atoms with van der Waals surface area (Å²) in [5, 5.41) is 9.48. The third kappa shape index (κ3) is 40.9. The van der Waals surface area contributed by atoms with Gasteiger partial charge in [-0.1, -0.05) is 124 Å². The second-order valence-corrected chi connectivity index (χ2v) is 16.2.